The van der Waals surface area contributed by atoms with Gasteiger partial charge >= 0.3 is 0 Å². The molecule has 0 spiro atoms. The van der Waals surface area contributed by atoms with Gasteiger partial charge in [-0.25, -0.2) is 8.78 Å². The molecule has 0 amide bonds. The number of pyridine rings is 1. The first-order chi connectivity index (χ1) is 14.6. The number of hydrogen-bond donors (Lipinski definition) is 0. The number of alkyl halides is 1. The van der Waals surface area contributed by atoms with Gasteiger partial charge in [-0.15, -0.1) is 11.6 Å². The van der Waals surface area contributed by atoms with Gasteiger partial charge in [0.1, 0.15) is 0 Å². The van der Waals surface area contributed by atoms with E-state index in [0.29, 0.717) is 35.0 Å². The van der Waals surface area contributed by atoms with Crippen molar-refractivity contribution in [1.82, 2.24) is 4.98 Å². The van der Waals surface area contributed by atoms with E-state index in [1.807, 2.05) is 12.1 Å². The maximum atomic E-state index is 14.7. The van der Waals surface area contributed by atoms with Crippen molar-refractivity contribution in [2.75, 3.05) is 0 Å². The number of hydrogen-bond acceptors (Lipinski definition) is 2. The molecule has 31 heavy (non-hydrogen) atoms. The van der Waals surface area contributed by atoms with Crippen molar-refractivity contribution in [2.24, 2.45) is 0 Å². The van der Waals surface area contributed by atoms with Crippen molar-refractivity contribution in [3.8, 4) is 0 Å². The Morgan fingerprint density at radius 2 is 1.55 bits per heavy atom. The summed E-state index contributed by atoms with van der Waals surface area (Å²) in [6.45, 7) is 13.6. The third-order valence-electron chi connectivity index (χ3n) is 7.00. The minimum atomic E-state index is -2.17. The lowest BCUT2D eigenvalue weighted by molar-refractivity contribution is 0.160. The molecule has 1 aromatic carbocycles. The van der Waals surface area contributed by atoms with Crippen LogP contribution >= 0.6 is 11.6 Å². The average molecular weight is 466 g/mol. The molecule has 2 nitrogen and oxygen atoms in total. The Labute approximate surface area is 191 Å². The molecule has 0 radical (unpaired) electrons. The lowest BCUT2D eigenvalue weighted by atomic mass is 9.89. The molecule has 170 valence electrons. The molecule has 0 saturated heterocycles. The maximum Gasteiger partial charge on any atom is 0.201 e. The third kappa shape index (κ3) is 4.46. The van der Waals surface area contributed by atoms with Crippen LogP contribution in [0.5, 0.6) is 0 Å². The molecular formula is C25H34ClF2NOSi. The lowest BCUT2D eigenvalue weighted by Crippen LogP contribution is -2.48. The lowest BCUT2D eigenvalue weighted by Gasteiger charge is -2.44. The van der Waals surface area contributed by atoms with Gasteiger partial charge in [0.05, 0.1) is 17.2 Å². The Morgan fingerprint density at radius 3 is 2.16 bits per heavy atom. The molecule has 3 atom stereocenters. The van der Waals surface area contributed by atoms with Crippen molar-refractivity contribution in [1.29, 1.82) is 0 Å². The van der Waals surface area contributed by atoms with Crippen molar-refractivity contribution in [3.05, 3.63) is 65.0 Å². The van der Waals surface area contributed by atoms with Crippen LogP contribution < -0.4 is 0 Å². The zero-order valence-corrected chi connectivity index (χ0v) is 21.1. The van der Waals surface area contributed by atoms with E-state index < -0.39 is 25.3 Å². The quantitative estimate of drug-likeness (QED) is 0.242. The molecule has 1 aromatic heterocycles. The number of benzene rings is 1. The van der Waals surface area contributed by atoms with E-state index in [9.17, 15) is 8.78 Å². The Balaban J connectivity index is 2.06. The van der Waals surface area contributed by atoms with Gasteiger partial charge in [0.15, 0.2) is 11.6 Å². The van der Waals surface area contributed by atoms with Crippen molar-refractivity contribution >= 4 is 19.9 Å². The molecule has 1 heterocycles. The van der Waals surface area contributed by atoms with E-state index >= 15 is 0 Å². The van der Waals surface area contributed by atoms with Crippen LogP contribution in [0.3, 0.4) is 0 Å². The molecule has 0 N–H and O–H groups in total. The fraction of sp³-hybridized carbons (Fsp3) is 0.560. The van der Waals surface area contributed by atoms with Crippen LogP contribution in [0.4, 0.5) is 8.78 Å². The molecule has 0 bridgehead atoms. The van der Waals surface area contributed by atoms with E-state index in [1.165, 1.54) is 0 Å². The first-order valence-corrected chi connectivity index (χ1v) is 13.9. The molecule has 0 fully saturated rings. The largest absolute Gasteiger partial charge is 0.408 e. The summed E-state index contributed by atoms with van der Waals surface area (Å²) in [5, 5.41) is -0.498. The Hall–Kier alpha value is -1.30. The van der Waals surface area contributed by atoms with Gasteiger partial charge < -0.3 is 4.43 Å². The van der Waals surface area contributed by atoms with E-state index in [-0.39, 0.29) is 12.0 Å². The molecule has 0 saturated carbocycles. The first kappa shape index (κ1) is 24.3. The van der Waals surface area contributed by atoms with Gasteiger partial charge in [0.25, 0.3) is 0 Å². The monoisotopic (exact) mass is 465 g/mol. The zero-order chi connectivity index (χ0) is 22.9. The summed E-state index contributed by atoms with van der Waals surface area (Å²) in [6, 6.07) is 8.15. The average Bonchev–Trinajstić information content (AvgIpc) is 2.84. The number of fused-ring (bicyclic) bond motifs is 1. The van der Waals surface area contributed by atoms with Crippen LogP contribution in [0, 0.1) is 11.6 Å². The molecule has 0 unspecified atom stereocenters. The predicted octanol–water partition coefficient (Wildman–Crippen LogP) is 8.45. The summed E-state index contributed by atoms with van der Waals surface area (Å²) in [4.78, 5) is 4.69. The summed E-state index contributed by atoms with van der Waals surface area (Å²) < 4.78 is 35.8. The van der Waals surface area contributed by atoms with E-state index in [2.05, 4.69) is 46.5 Å². The zero-order valence-electron chi connectivity index (χ0n) is 19.3. The summed E-state index contributed by atoms with van der Waals surface area (Å²) >= 11 is 6.93. The minimum Gasteiger partial charge on any atom is -0.408 e. The van der Waals surface area contributed by atoms with Crippen LogP contribution in [0.1, 0.15) is 88.6 Å². The molecule has 2 aromatic rings. The van der Waals surface area contributed by atoms with Gasteiger partial charge in [-0.05, 0) is 52.7 Å². The number of rotatable bonds is 6. The fourth-order valence-corrected chi connectivity index (χ4v) is 11.6. The van der Waals surface area contributed by atoms with Crippen molar-refractivity contribution < 1.29 is 13.2 Å². The highest BCUT2D eigenvalue weighted by molar-refractivity contribution is 6.77. The fourth-order valence-electron chi connectivity index (χ4n) is 5.65. The molecule has 3 rings (SSSR count). The molecule has 0 aliphatic heterocycles. The first-order valence-electron chi connectivity index (χ1n) is 11.3. The molecule has 6 heteroatoms. The molecule has 1 aliphatic rings. The third-order valence-corrected chi connectivity index (χ3v) is 13.6. The second-order valence-corrected chi connectivity index (χ2v) is 15.5. The van der Waals surface area contributed by atoms with E-state index in [0.717, 1.165) is 17.3 Å². The maximum absolute atomic E-state index is 14.7. The normalized spacial score (nSPS) is 22.1. The minimum absolute atomic E-state index is 0.196. The van der Waals surface area contributed by atoms with Crippen LogP contribution in [0.2, 0.25) is 16.6 Å². The highest BCUT2D eigenvalue weighted by atomic mass is 35.5. The van der Waals surface area contributed by atoms with Crippen LogP contribution in [-0.2, 0) is 4.43 Å². The van der Waals surface area contributed by atoms with E-state index in [4.69, 9.17) is 16.0 Å². The predicted molar refractivity (Wildman–Crippen MR) is 126 cm³/mol. The summed E-state index contributed by atoms with van der Waals surface area (Å²) in [5.74, 6) is -1.99. The second kappa shape index (κ2) is 9.68. The summed E-state index contributed by atoms with van der Waals surface area (Å²) in [7, 11) is -2.17. The van der Waals surface area contributed by atoms with Gasteiger partial charge in [0.2, 0.25) is 8.32 Å². The van der Waals surface area contributed by atoms with Gasteiger partial charge in [0, 0.05) is 12.1 Å². The van der Waals surface area contributed by atoms with Gasteiger partial charge in [-0.1, -0.05) is 59.7 Å². The van der Waals surface area contributed by atoms with Crippen LogP contribution in [0.15, 0.2) is 36.5 Å². The topological polar surface area (TPSA) is 22.1 Å². The van der Waals surface area contributed by atoms with Gasteiger partial charge in [-0.3, -0.25) is 4.98 Å². The Kier molecular flexibility index (Phi) is 7.60. The SMILES string of the molecule is CC(C)[Si](O[C@@H]1CC[C@@H](c2cccc(F)c2F)[C@H](Cl)c2cccnc21)(C(C)C)C(C)C. The van der Waals surface area contributed by atoms with E-state index in [1.54, 1.807) is 18.3 Å². The molecule has 1 aliphatic carbocycles. The number of aromatic nitrogens is 1. The summed E-state index contributed by atoms with van der Waals surface area (Å²) in [6.07, 6.45) is 2.85. The molecular weight excluding hydrogens is 432 g/mol. The van der Waals surface area contributed by atoms with Crippen LogP contribution in [0.25, 0.3) is 0 Å². The van der Waals surface area contributed by atoms with Crippen LogP contribution in [-0.4, -0.2) is 13.3 Å². The number of nitrogens with zero attached hydrogens (tertiary/aromatic N) is 1. The highest BCUT2D eigenvalue weighted by Gasteiger charge is 2.48. The Bertz CT molecular complexity index is 883. The second-order valence-electron chi connectivity index (χ2n) is 9.63. The smallest absolute Gasteiger partial charge is 0.201 e. The number of halogens is 3. The standard InChI is InChI=1S/C25H34ClF2NOSi/c1-15(2)31(16(3)4,17(5)6)30-22-13-12-18(19-9-7-11-21(27)24(19)28)23(26)20-10-8-14-29-25(20)22/h7-11,14-18,22-23H,12-13H2,1-6H3/t18-,22+,23-/m0/s1. The van der Waals surface area contributed by atoms with Crippen molar-refractivity contribution in [3.63, 3.8) is 0 Å². The van der Waals surface area contributed by atoms with Crippen molar-refractivity contribution in [2.45, 2.75) is 88.4 Å². The highest BCUT2D eigenvalue weighted by Crippen LogP contribution is 2.51. The Morgan fingerprint density at radius 1 is 0.935 bits per heavy atom. The van der Waals surface area contributed by atoms with Gasteiger partial charge in [-0.2, -0.15) is 0 Å². The summed E-state index contributed by atoms with van der Waals surface area (Å²) in [5.41, 5.74) is 3.35.